The minimum atomic E-state index is -0.170. The summed E-state index contributed by atoms with van der Waals surface area (Å²) in [6.45, 7) is 7.69. The van der Waals surface area contributed by atoms with Gasteiger partial charge in [-0.2, -0.15) is 0 Å². The van der Waals surface area contributed by atoms with E-state index < -0.39 is 0 Å². The highest BCUT2D eigenvalue weighted by molar-refractivity contribution is 5.94. The van der Waals surface area contributed by atoms with E-state index >= 15 is 0 Å². The molecule has 134 valence electrons. The Morgan fingerprint density at radius 2 is 1.72 bits per heavy atom. The van der Waals surface area contributed by atoms with Crippen molar-refractivity contribution in [3.63, 3.8) is 0 Å². The fourth-order valence-corrected chi connectivity index (χ4v) is 2.33. The van der Waals surface area contributed by atoms with Crippen molar-refractivity contribution in [2.45, 2.75) is 20.8 Å². The van der Waals surface area contributed by atoms with Crippen LogP contribution in [0.25, 0.3) is 0 Å². The van der Waals surface area contributed by atoms with Gasteiger partial charge in [0.1, 0.15) is 12.4 Å². The number of hydrogen-bond acceptors (Lipinski definition) is 4. The van der Waals surface area contributed by atoms with Crippen LogP contribution >= 0.6 is 0 Å². The molecule has 0 aliphatic heterocycles. The van der Waals surface area contributed by atoms with E-state index in [-0.39, 0.29) is 5.91 Å². The van der Waals surface area contributed by atoms with Crippen molar-refractivity contribution in [2.24, 2.45) is 0 Å². The van der Waals surface area contributed by atoms with E-state index in [1.165, 1.54) is 0 Å². The van der Waals surface area contributed by atoms with E-state index in [4.69, 9.17) is 14.2 Å². The van der Waals surface area contributed by atoms with Crippen molar-refractivity contribution in [1.82, 2.24) is 5.32 Å². The van der Waals surface area contributed by atoms with Gasteiger partial charge in [0.25, 0.3) is 5.91 Å². The summed E-state index contributed by atoms with van der Waals surface area (Å²) < 4.78 is 16.7. The van der Waals surface area contributed by atoms with Crippen molar-refractivity contribution in [2.75, 3.05) is 26.4 Å². The quantitative estimate of drug-likeness (QED) is 0.707. The van der Waals surface area contributed by atoms with E-state index in [9.17, 15) is 4.79 Å². The van der Waals surface area contributed by atoms with Crippen LogP contribution in [-0.2, 0) is 0 Å². The third-order valence-corrected chi connectivity index (χ3v) is 3.45. The first-order valence-electron chi connectivity index (χ1n) is 8.51. The summed E-state index contributed by atoms with van der Waals surface area (Å²) in [5.74, 6) is 1.85. The number of hydrogen-bond donors (Lipinski definition) is 1. The Labute approximate surface area is 148 Å². The maximum atomic E-state index is 12.3. The molecule has 5 heteroatoms. The second-order valence-electron chi connectivity index (χ2n) is 5.45. The molecular weight excluding hydrogens is 318 g/mol. The van der Waals surface area contributed by atoms with Crippen molar-refractivity contribution in [3.05, 3.63) is 53.6 Å². The lowest BCUT2D eigenvalue weighted by Crippen LogP contribution is -2.28. The Hall–Kier alpha value is -2.69. The molecule has 0 radical (unpaired) electrons. The first kappa shape index (κ1) is 18.6. The second-order valence-corrected chi connectivity index (χ2v) is 5.45. The number of rotatable bonds is 9. The van der Waals surface area contributed by atoms with Gasteiger partial charge in [-0.3, -0.25) is 4.79 Å². The van der Waals surface area contributed by atoms with E-state index in [1.807, 2.05) is 45.0 Å². The third kappa shape index (κ3) is 5.71. The van der Waals surface area contributed by atoms with Gasteiger partial charge in [-0.25, -0.2) is 0 Å². The molecule has 0 bridgehead atoms. The van der Waals surface area contributed by atoms with Crippen molar-refractivity contribution in [3.8, 4) is 17.2 Å². The molecule has 2 rings (SSSR count). The maximum absolute atomic E-state index is 12.3. The van der Waals surface area contributed by atoms with Gasteiger partial charge in [-0.15, -0.1) is 0 Å². The number of benzene rings is 2. The molecule has 0 aromatic heterocycles. The van der Waals surface area contributed by atoms with Crippen LogP contribution in [0.1, 0.15) is 29.8 Å². The van der Waals surface area contributed by atoms with E-state index in [2.05, 4.69) is 5.32 Å². The average molecular weight is 343 g/mol. The van der Waals surface area contributed by atoms with E-state index in [0.29, 0.717) is 43.4 Å². The SMILES string of the molecule is CCOc1ccc(C(=O)NCCOc2cccc(C)c2)cc1OCC. The smallest absolute Gasteiger partial charge is 0.251 e. The minimum Gasteiger partial charge on any atom is -0.492 e. The largest absolute Gasteiger partial charge is 0.492 e. The Balaban J connectivity index is 1.88. The minimum absolute atomic E-state index is 0.170. The molecule has 0 saturated carbocycles. The molecule has 2 aromatic rings. The highest BCUT2D eigenvalue weighted by Gasteiger charge is 2.11. The monoisotopic (exact) mass is 343 g/mol. The number of carbonyl (C=O) groups is 1. The van der Waals surface area contributed by atoms with Gasteiger partial charge < -0.3 is 19.5 Å². The van der Waals surface area contributed by atoms with E-state index in [1.54, 1.807) is 18.2 Å². The van der Waals surface area contributed by atoms with Crippen molar-refractivity contribution >= 4 is 5.91 Å². The molecule has 0 fully saturated rings. The van der Waals surface area contributed by atoms with Crippen molar-refractivity contribution in [1.29, 1.82) is 0 Å². The lowest BCUT2D eigenvalue weighted by atomic mass is 10.2. The summed E-state index contributed by atoms with van der Waals surface area (Å²) in [5.41, 5.74) is 1.67. The molecule has 0 atom stereocenters. The van der Waals surface area contributed by atoms with Crippen LogP contribution in [0, 0.1) is 6.92 Å². The van der Waals surface area contributed by atoms with Gasteiger partial charge in [-0.05, 0) is 56.7 Å². The Morgan fingerprint density at radius 3 is 2.44 bits per heavy atom. The number of amides is 1. The molecule has 0 unspecified atom stereocenters. The molecular formula is C20H25NO4. The van der Waals surface area contributed by atoms with Crippen LogP contribution in [0.3, 0.4) is 0 Å². The normalized spacial score (nSPS) is 10.2. The van der Waals surface area contributed by atoms with Crippen molar-refractivity contribution < 1.29 is 19.0 Å². The standard InChI is InChI=1S/C20H25NO4/c1-4-23-18-10-9-16(14-19(18)24-5-2)20(22)21-11-12-25-17-8-6-7-15(3)13-17/h6-10,13-14H,4-5,11-12H2,1-3H3,(H,21,22). The molecule has 0 heterocycles. The second kappa shape index (κ2) is 9.57. The summed E-state index contributed by atoms with van der Waals surface area (Å²) in [4.78, 5) is 12.3. The molecule has 5 nitrogen and oxygen atoms in total. The van der Waals surface area contributed by atoms with Gasteiger partial charge in [0.05, 0.1) is 19.8 Å². The zero-order valence-corrected chi connectivity index (χ0v) is 15.0. The fourth-order valence-electron chi connectivity index (χ4n) is 2.33. The molecule has 25 heavy (non-hydrogen) atoms. The Bertz CT molecular complexity index is 700. The number of aryl methyl sites for hydroxylation is 1. The predicted octanol–water partition coefficient (Wildman–Crippen LogP) is 3.60. The lowest BCUT2D eigenvalue weighted by Gasteiger charge is -2.12. The molecule has 0 aliphatic carbocycles. The zero-order chi connectivity index (χ0) is 18.1. The summed E-state index contributed by atoms with van der Waals surface area (Å²) >= 11 is 0. The number of nitrogens with one attached hydrogen (secondary N) is 1. The molecule has 0 saturated heterocycles. The molecule has 0 spiro atoms. The number of ether oxygens (including phenoxy) is 3. The fraction of sp³-hybridized carbons (Fsp3) is 0.350. The Kier molecular flexibility index (Phi) is 7.14. The number of carbonyl (C=O) groups excluding carboxylic acids is 1. The van der Waals surface area contributed by atoms with Crippen LogP contribution in [0.2, 0.25) is 0 Å². The lowest BCUT2D eigenvalue weighted by molar-refractivity contribution is 0.0946. The molecule has 1 amide bonds. The molecule has 2 aromatic carbocycles. The summed E-state index contributed by atoms with van der Waals surface area (Å²) in [6, 6.07) is 13.0. The summed E-state index contributed by atoms with van der Waals surface area (Å²) in [7, 11) is 0. The highest BCUT2D eigenvalue weighted by Crippen LogP contribution is 2.28. The van der Waals surface area contributed by atoms with Crippen LogP contribution in [0.5, 0.6) is 17.2 Å². The van der Waals surface area contributed by atoms with Gasteiger partial charge in [-0.1, -0.05) is 12.1 Å². The first-order chi connectivity index (χ1) is 12.1. The summed E-state index contributed by atoms with van der Waals surface area (Å²) in [6.07, 6.45) is 0. The van der Waals surface area contributed by atoms with E-state index in [0.717, 1.165) is 11.3 Å². The topological polar surface area (TPSA) is 56.8 Å². The first-order valence-corrected chi connectivity index (χ1v) is 8.51. The van der Waals surface area contributed by atoms with Gasteiger partial charge >= 0.3 is 0 Å². The molecule has 0 aliphatic rings. The predicted molar refractivity (Wildman–Crippen MR) is 97.8 cm³/mol. The Morgan fingerprint density at radius 1 is 0.960 bits per heavy atom. The average Bonchev–Trinajstić information content (AvgIpc) is 2.60. The van der Waals surface area contributed by atoms with Crippen LogP contribution in [-0.4, -0.2) is 32.3 Å². The third-order valence-electron chi connectivity index (χ3n) is 3.45. The van der Waals surface area contributed by atoms with Gasteiger partial charge in [0.2, 0.25) is 0 Å². The van der Waals surface area contributed by atoms with Crippen LogP contribution < -0.4 is 19.5 Å². The van der Waals surface area contributed by atoms with Gasteiger partial charge in [0.15, 0.2) is 11.5 Å². The van der Waals surface area contributed by atoms with Crippen LogP contribution in [0.15, 0.2) is 42.5 Å². The molecule has 1 N–H and O–H groups in total. The van der Waals surface area contributed by atoms with Gasteiger partial charge in [0, 0.05) is 5.56 Å². The highest BCUT2D eigenvalue weighted by atomic mass is 16.5. The summed E-state index contributed by atoms with van der Waals surface area (Å²) in [5, 5.41) is 2.84. The zero-order valence-electron chi connectivity index (χ0n) is 15.0. The van der Waals surface area contributed by atoms with Crippen LogP contribution in [0.4, 0.5) is 0 Å². The maximum Gasteiger partial charge on any atom is 0.251 e.